The zero-order chi connectivity index (χ0) is 11.2. The van der Waals surface area contributed by atoms with E-state index in [0.29, 0.717) is 11.5 Å². The molecule has 2 rings (SSSR count). The molecule has 1 N–H and O–H groups in total. The maximum absolute atomic E-state index is 9.58. The van der Waals surface area contributed by atoms with E-state index in [4.69, 9.17) is 9.05 Å². The van der Waals surface area contributed by atoms with Crippen LogP contribution in [-0.2, 0) is 0 Å². The topological polar surface area (TPSA) is 38.7 Å². The second kappa shape index (κ2) is 6.84. The second-order valence-corrected chi connectivity index (χ2v) is 3.89. The van der Waals surface area contributed by atoms with E-state index in [1.165, 1.54) is 0 Å². The Hall–Kier alpha value is -1.64. The van der Waals surface area contributed by atoms with Crippen LogP contribution in [0.25, 0.3) is 0 Å². The fraction of sp³-hybridized carbons (Fsp3) is 0. The molecule has 0 atom stereocenters. The van der Waals surface area contributed by atoms with Gasteiger partial charge in [0.15, 0.2) is 0 Å². The highest BCUT2D eigenvalue weighted by Crippen LogP contribution is 2.35. The van der Waals surface area contributed by atoms with Crippen LogP contribution in [0.5, 0.6) is 11.5 Å². The van der Waals surface area contributed by atoms with Crippen molar-refractivity contribution in [2.75, 3.05) is 0 Å². The summed E-state index contributed by atoms with van der Waals surface area (Å²) in [4.78, 5) is 9.58. The van der Waals surface area contributed by atoms with Crippen molar-refractivity contribution in [3.8, 4) is 11.5 Å². The van der Waals surface area contributed by atoms with Crippen LogP contribution in [0.1, 0.15) is 0 Å². The zero-order valence-electron chi connectivity index (χ0n) is 8.89. The molecule has 0 fully saturated rings. The average molecular weight is 254 g/mol. The van der Waals surface area contributed by atoms with Gasteiger partial charge in [0.25, 0.3) is 0 Å². The predicted molar refractivity (Wildman–Crippen MR) is 65.8 cm³/mol. The highest BCUT2D eigenvalue weighted by molar-refractivity contribution is 7.41. The quantitative estimate of drug-likeness (QED) is 0.848. The Kier molecular flexibility index (Phi) is 5.40. The van der Waals surface area contributed by atoms with Crippen molar-refractivity contribution >= 4 is 8.60 Å². The van der Waals surface area contributed by atoms with E-state index in [1.54, 1.807) is 24.3 Å². The Morgan fingerprint density at radius 3 is 1.41 bits per heavy atom. The minimum Gasteiger partial charge on any atom is -0.418 e. The minimum absolute atomic E-state index is 0. The molecular weight excluding hydrogens is 242 g/mol. The molecule has 0 aliphatic carbocycles. The van der Waals surface area contributed by atoms with Gasteiger partial charge in [0.1, 0.15) is 11.5 Å². The zero-order valence-corrected chi connectivity index (χ0v) is 9.79. The lowest BCUT2D eigenvalue weighted by Gasteiger charge is -2.11. The van der Waals surface area contributed by atoms with Crippen molar-refractivity contribution in [1.29, 1.82) is 0 Å². The Morgan fingerprint density at radius 1 is 0.706 bits per heavy atom. The first kappa shape index (κ1) is 13.4. The van der Waals surface area contributed by atoms with Gasteiger partial charge >= 0.3 is 8.60 Å². The second-order valence-electron chi connectivity index (χ2n) is 3.05. The lowest BCUT2D eigenvalue weighted by Crippen LogP contribution is -1.93. The minimum atomic E-state index is -1.93. The molecule has 0 bridgehead atoms. The Bertz CT molecular complexity index is 383. The normalized spacial score (nSPS) is 9.53. The summed E-state index contributed by atoms with van der Waals surface area (Å²) in [5.74, 6) is 1.18. The van der Waals surface area contributed by atoms with Gasteiger partial charge in [0.05, 0.1) is 0 Å². The molecule has 0 saturated carbocycles. The molecule has 3 nitrogen and oxygen atoms in total. The molecule has 0 radical (unpaired) electrons. The van der Waals surface area contributed by atoms with Crippen molar-refractivity contribution in [3.05, 3.63) is 60.7 Å². The molecule has 0 amide bonds. The van der Waals surface area contributed by atoms with Gasteiger partial charge in [-0.05, 0) is 24.3 Å². The van der Waals surface area contributed by atoms with Gasteiger partial charge in [0.2, 0.25) is 0 Å². The average Bonchev–Trinajstić information content (AvgIpc) is 2.31. The van der Waals surface area contributed by atoms with Crippen LogP contribution in [0.2, 0.25) is 0 Å². The molecule has 90 valence electrons. The summed E-state index contributed by atoms with van der Waals surface area (Å²) in [6.45, 7) is 0. The summed E-state index contributed by atoms with van der Waals surface area (Å²) < 4.78 is 10.4. The SMILES string of the molecule is F.OP(Oc1ccccc1)Oc1ccccc1. The molecular formula is C12H12FO3P. The summed E-state index contributed by atoms with van der Waals surface area (Å²) in [7, 11) is -1.93. The van der Waals surface area contributed by atoms with Crippen LogP contribution in [0.15, 0.2) is 60.7 Å². The van der Waals surface area contributed by atoms with Crippen LogP contribution >= 0.6 is 8.60 Å². The van der Waals surface area contributed by atoms with Crippen LogP contribution in [0.4, 0.5) is 4.70 Å². The van der Waals surface area contributed by atoms with E-state index in [-0.39, 0.29) is 4.70 Å². The third-order valence-electron chi connectivity index (χ3n) is 1.85. The molecule has 0 aromatic heterocycles. The fourth-order valence-electron chi connectivity index (χ4n) is 1.16. The van der Waals surface area contributed by atoms with E-state index in [0.717, 1.165) is 0 Å². The van der Waals surface area contributed by atoms with Crippen molar-refractivity contribution in [2.24, 2.45) is 0 Å². The molecule has 2 aromatic rings. The lowest BCUT2D eigenvalue weighted by atomic mass is 10.3. The molecule has 0 aliphatic rings. The molecule has 0 spiro atoms. The number of hydrogen-bond donors (Lipinski definition) is 1. The van der Waals surface area contributed by atoms with Crippen LogP contribution in [0.3, 0.4) is 0 Å². The van der Waals surface area contributed by atoms with Gasteiger partial charge in [-0.15, -0.1) is 0 Å². The largest absolute Gasteiger partial charge is 0.460 e. The van der Waals surface area contributed by atoms with Crippen molar-refractivity contribution in [2.45, 2.75) is 0 Å². The summed E-state index contributed by atoms with van der Waals surface area (Å²) in [6, 6.07) is 18.2. The smallest absolute Gasteiger partial charge is 0.418 e. The number of para-hydroxylation sites is 2. The molecule has 0 aliphatic heterocycles. The van der Waals surface area contributed by atoms with E-state index in [2.05, 4.69) is 0 Å². The molecule has 0 saturated heterocycles. The lowest BCUT2D eigenvalue weighted by molar-refractivity contribution is 0.382. The van der Waals surface area contributed by atoms with Crippen molar-refractivity contribution in [3.63, 3.8) is 0 Å². The van der Waals surface area contributed by atoms with Crippen LogP contribution in [0, 0.1) is 0 Å². The van der Waals surface area contributed by atoms with Gasteiger partial charge < -0.3 is 13.9 Å². The molecule has 17 heavy (non-hydrogen) atoms. The fourth-order valence-corrected chi connectivity index (χ4v) is 1.80. The van der Waals surface area contributed by atoms with Crippen molar-refractivity contribution in [1.82, 2.24) is 0 Å². The first-order valence-corrected chi connectivity index (χ1v) is 5.93. The maximum atomic E-state index is 9.58. The van der Waals surface area contributed by atoms with Gasteiger partial charge in [-0.2, -0.15) is 0 Å². The summed E-state index contributed by atoms with van der Waals surface area (Å²) in [5, 5.41) is 0. The van der Waals surface area contributed by atoms with Gasteiger partial charge in [-0.25, -0.2) is 0 Å². The van der Waals surface area contributed by atoms with E-state index >= 15 is 0 Å². The summed E-state index contributed by atoms with van der Waals surface area (Å²) >= 11 is 0. The Labute approximate surface area is 100.0 Å². The first-order chi connectivity index (χ1) is 7.84. The number of rotatable bonds is 4. The number of hydrogen-bond acceptors (Lipinski definition) is 3. The first-order valence-electron chi connectivity index (χ1n) is 4.79. The van der Waals surface area contributed by atoms with Gasteiger partial charge in [-0.1, -0.05) is 36.4 Å². The van der Waals surface area contributed by atoms with Gasteiger partial charge in [0, 0.05) is 0 Å². The van der Waals surface area contributed by atoms with E-state index in [1.807, 2.05) is 36.4 Å². The van der Waals surface area contributed by atoms with Crippen LogP contribution in [-0.4, -0.2) is 4.89 Å². The highest BCUT2D eigenvalue weighted by Gasteiger charge is 2.10. The number of benzene rings is 2. The van der Waals surface area contributed by atoms with Crippen LogP contribution < -0.4 is 9.05 Å². The molecule has 2 aromatic carbocycles. The van der Waals surface area contributed by atoms with Gasteiger partial charge in [-0.3, -0.25) is 4.70 Å². The van der Waals surface area contributed by atoms with E-state index < -0.39 is 8.60 Å². The Morgan fingerprint density at radius 2 is 1.06 bits per heavy atom. The number of halogens is 1. The highest BCUT2D eigenvalue weighted by atomic mass is 31.2. The molecule has 5 heteroatoms. The monoisotopic (exact) mass is 254 g/mol. The maximum Gasteiger partial charge on any atom is 0.460 e. The summed E-state index contributed by atoms with van der Waals surface area (Å²) in [5.41, 5.74) is 0. The predicted octanol–water partition coefficient (Wildman–Crippen LogP) is 3.52. The third kappa shape index (κ3) is 4.39. The third-order valence-corrected chi connectivity index (χ3v) is 2.59. The standard InChI is InChI=1S/C12H11O3P.FH/c13-16(14-11-7-3-1-4-8-11)15-12-9-5-2-6-10-12;/h1-10,13H;1H. The van der Waals surface area contributed by atoms with Crippen molar-refractivity contribution < 1.29 is 18.6 Å². The molecule has 0 unspecified atom stereocenters. The molecule has 0 heterocycles. The summed E-state index contributed by atoms with van der Waals surface area (Å²) in [6.07, 6.45) is 0. The van der Waals surface area contributed by atoms with E-state index in [9.17, 15) is 4.89 Å². The Balaban J connectivity index is 0.00000144.